The molecule has 144 valence electrons. The van der Waals surface area contributed by atoms with E-state index in [9.17, 15) is 9.59 Å². The summed E-state index contributed by atoms with van der Waals surface area (Å²) < 4.78 is 4.55. The van der Waals surface area contributed by atoms with E-state index < -0.39 is 0 Å². The van der Waals surface area contributed by atoms with Crippen LogP contribution >= 0.6 is 12.4 Å². The number of nitrogens with one attached hydrogen (secondary N) is 2. The van der Waals surface area contributed by atoms with Gasteiger partial charge in [0.15, 0.2) is 0 Å². The summed E-state index contributed by atoms with van der Waals surface area (Å²) in [7, 11) is 1.35. The topological polar surface area (TPSA) is 131 Å². The molecule has 2 rings (SSSR count). The molecule has 0 unspecified atom stereocenters. The normalized spacial score (nSPS) is 9.81. The molecule has 0 saturated heterocycles. The number of nitrogens with two attached hydrogens (primary N) is 1. The number of amides is 1. The maximum Gasteiger partial charge on any atom is 0.305 e. The van der Waals surface area contributed by atoms with Gasteiger partial charge in [0.1, 0.15) is 5.84 Å². The molecule has 0 atom stereocenters. The van der Waals surface area contributed by atoms with Crippen LogP contribution in [0.15, 0.2) is 36.7 Å². The zero-order valence-corrected chi connectivity index (χ0v) is 15.7. The highest BCUT2D eigenvalue weighted by molar-refractivity contribution is 5.95. The van der Waals surface area contributed by atoms with Crippen molar-refractivity contribution in [2.45, 2.75) is 19.3 Å². The van der Waals surface area contributed by atoms with Crippen LogP contribution in [0.3, 0.4) is 0 Å². The van der Waals surface area contributed by atoms with Crippen molar-refractivity contribution in [2.24, 2.45) is 5.73 Å². The Balaban J connectivity index is 0.00000364. The molecule has 0 fully saturated rings. The molecule has 9 heteroatoms. The molecule has 0 aliphatic carbocycles. The molecular weight excluding hydrogens is 370 g/mol. The minimum atomic E-state index is -0.360. The van der Waals surface area contributed by atoms with E-state index in [1.807, 2.05) is 12.1 Å². The van der Waals surface area contributed by atoms with Gasteiger partial charge in [-0.05, 0) is 18.4 Å². The number of ether oxygens (including phenoxy) is 1. The Morgan fingerprint density at radius 1 is 1.11 bits per heavy atom. The van der Waals surface area contributed by atoms with Gasteiger partial charge in [-0.1, -0.05) is 24.3 Å². The molecule has 0 aliphatic rings. The summed E-state index contributed by atoms with van der Waals surface area (Å²) in [5, 5.41) is 10.1. The number of rotatable bonds is 8. The van der Waals surface area contributed by atoms with Crippen molar-refractivity contribution >= 4 is 30.1 Å². The zero-order valence-electron chi connectivity index (χ0n) is 14.9. The molecule has 1 aromatic carbocycles. The number of aromatic nitrogens is 2. The van der Waals surface area contributed by atoms with Crippen LogP contribution in [0.1, 0.15) is 35.4 Å². The second kappa shape index (κ2) is 10.9. The maximum absolute atomic E-state index is 12.0. The molecule has 1 amide bonds. The molecule has 27 heavy (non-hydrogen) atoms. The highest BCUT2D eigenvalue weighted by Gasteiger charge is 2.09. The minimum Gasteiger partial charge on any atom is -0.469 e. The lowest BCUT2D eigenvalue weighted by Gasteiger charge is -2.06. The third-order valence-electron chi connectivity index (χ3n) is 3.71. The van der Waals surface area contributed by atoms with Gasteiger partial charge in [-0.15, -0.1) is 12.4 Å². The Labute approximate surface area is 163 Å². The van der Waals surface area contributed by atoms with Gasteiger partial charge in [-0.2, -0.15) is 0 Å². The van der Waals surface area contributed by atoms with Gasteiger partial charge in [-0.25, -0.2) is 9.97 Å². The van der Waals surface area contributed by atoms with Crippen LogP contribution in [0.2, 0.25) is 0 Å². The van der Waals surface area contributed by atoms with Gasteiger partial charge in [0.25, 0.3) is 5.91 Å². The summed E-state index contributed by atoms with van der Waals surface area (Å²) in [6.07, 6.45) is 4.79. The van der Waals surface area contributed by atoms with Crippen molar-refractivity contribution in [1.82, 2.24) is 15.3 Å². The van der Waals surface area contributed by atoms with Crippen LogP contribution in [-0.4, -0.2) is 41.3 Å². The molecule has 2 aromatic rings. The van der Waals surface area contributed by atoms with E-state index in [-0.39, 0.29) is 35.9 Å². The lowest BCUT2D eigenvalue weighted by Crippen LogP contribution is -2.26. The summed E-state index contributed by atoms with van der Waals surface area (Å²) in [5.41, 5.74) is 7.69. The molecule has 8 nitrogen and oxygen atoms in total. The summed E-state index contributed by atoms with van der Waals surface area (Å²) in [6.45, 7) is 0.438. The van der Waals surface area contributed by atoms with Crippen molar-refractivity contribution < 1.29 is 14.3 Å². The van der Waals surface area contributed by atoms with Gasteiger partial charge in [0.05, 0.1) is 7.11 Å². The largest absolute Gasteiger partial charge is 0.469 e. The number of amidine groups is 1. The Bertz CT molecular complexity index is 779. The van der Waals surface area contributed by atoms with Crippen LogP contribution < -0.4 is 11.1 Å². The van der Waals surface area contributed by atoms with E-state index in [0.717, 1.165) is 11.1 Å². The smallest absolute Gasteiger partial charge is 0.305 e. The highest BCUT2D eigenvalue weighted by atomic mass is 35.5. The van der Waals surface area contributed by atoms with Crippen LogP contribution in [0.25, 0.3) is 11.1 Å². The van der Waals surface area contributed by atoms with Crippen molar-refractivity contribution in [3.8, 4) is 11.1 Å². The molecule has 0 bridgehead atoms. The number of hydrogen-bond donors (Lipinski definition) is 3. The first-order valence-corrected chi connectivity index (χ1v) is 8.13. The predicted molar refractivity (Wildman–Crippen MR) is 104 cm³/mol. The quantitative estimate of drug-likeness (QED) is 0.272. The number of carbonyl (C=O) groups is 2. The number of nitrogen functional groups attached to an aromatic ring is 1. The number of unbranched alkanes of at least 4 members (excludes halogenated alkanes) is 1. The summed E-state index contributed by atoms with van der Waals surface area (Å²) in [6, 6.07) is 7.12. The van der Waals surface area contributed by atoms with Gasteiger partial charge in [0, 0.05) is 36.5 Å². The lowest BCUT2D eigenvalue weighted by molar-refractivity contribution is -0.140. The van der Waals surface area contributed by atoms with E-state index in [0.29, 0.717) is 31.4 Å². The monoisotopic (exact) mass is 391 g/mol. The van der Waals surface area contributed by atoms with Crippen LogP contribution in [-0.2, 0) is 9.53 Å². The van der Waals surface area contributed by atoms with E-state index >= 15 is 0 Å². The molecule has 0 saturated carbocycles. The van der Waals surface area contributed by atoms with Gasteiger partial charge >= 0.3 is 5.97 Å². The van der Waals surface area contributed by atoms with Gasteiger partial charge in [-0.3, -0.25) is 15.0 Å². The van der Waals surface area contributed by atoms with Crippen molar-refractivity contribution in [3.63, 3.8) is 0 Å². The molecule has 0 radical (unpaired) electrons. The second-order valence-corrected chi connectivity index (χ2v) is 5.58. The molecule has 0 aliphatic heterocycles. The van der Waals surface area contributed by atoms with Crippen molar-refractivity contribution in [3.05, 3.63) is 48.0 Å². The van der Waals surface area contributed by atoms with Gasteiger partial charge in [0.2, 0.25) is 5.82 Å². The number of hydrogen-bond acceptors (Lipinski definition) is 6. The Kier molecular flexibility index (Phi) is 8.87. The fourth-order valence-electron chi connectivity index (χ4n) is 2.21. The molecular formula is C18H22ClN5O3. The number of benzene rings is 1. The zero-order chi connectivity index (χ0) is 18.9. The average Bonchev–Trinajstić information content (AvgIpc) is 2.67. The van der Waals surface area contributed by atoms with Crippen molar-refractivity contribution in [2.75, 3.05) is 13.7 Å². The Morgan fingerprint density at radius 2 is 1.74 bits per heavy atom. The number of nitrogens with zero attached hydrogens (tertiary/aromatic N) is 2. The first-order valence-electron chi connectivity index (χ1n) is 8.13. The lowest BCUT2D eigenvalue weighted by atomic mass is 10.1. The third-order valence-corrected chi connectivity index (χ3v) is 3.71. The van der Waals surface area contributed by atoms with Gasteiger partial charge < -0.3 is 15.8 Å². The summed E-state index contributed by atoms with van der Waals surface area (Å²) in [4.78, 5) is 31.2. The molecule has 1 aromatic heterocycles. The first-order chi connectivity index (χ1) is 12.5. The van der Waals surface area contributed by atoms with Crippen LogP contribution in [0, 0.1) is 5.41 Å². The molecule has 1 heterocycles. The summed E-state index contributed by atoms with van der Waals surface area (Å²) in [5.74, 6) is -0.526. The Morgan fingerprint density at radius 3 is 2.30 bits per heavy atom. The number of halogens is 1. The second-order valence-electron chi connectivity index (χ2n) is 5.58. The van der Waals surface area contributed by atoms with E-state index in [2.05, 4.69) is 20.0 Å². The predicted octanol–water partition coefficient (Wildman–Crippen LogP) is 1.92. The van der Waals surface area contributed by atoms with Crippen LogP contribution in [0.5, 0.6) is 0 Å². The number of esters is 1. The third kappa shape index (κ3) is 6.67. The number of carbonyl (C=O) groups excluding carboxylic acids is 2. The highest BCUT2D eigenvalue weighted by Crippen LogP contribution is 2.18. The van der Waals surface area contributed by atoms with Crippen LogP contribution in [0.4, 0.5) is 0 Å². The fourth-order valence-corrected chi connectivity index (χ4v) is 2.21. The van der Waals surface area contributed by atoms with Crippen molar-refractivity contribution in [1.29, 1.82) is 5.41 Å². The van der Waals surface area contributed by atoms with E-state index in [1.165, 1.54) is 7.11 Å². The van der Waals surface area contributed by atoms with E-state index in [4.69, 9.17) is 11.1 Å². The summed E-state index contributed by atoms with van der Waals surface area (Å²) >= 11 is 0. The molecule has 4 N–H and O–H groups in total. The number of methoxy groups -OCH3 is 1. The van der Waals surface area contributed by atoms with E-state index in [1.54, 1.807) is 24.5 Å². The Hall–Kier alpha value is -3.00. The molecule has 0 spiro atoms. The fraction of sp³-hybridized carbons (Fsp3) is 0.278. The minimum absolute atomic E-state index is 0. The average molecular weight is 392 g/mol. The first kappa shape index (κ1) is 22.0. The maximum atomic E-state index is 12.0. The standard InChI is InChI=1S/C18H21N5O3.ClH/c1-26-15(24)4-2-3-9-21-18(25)17-22-10-14(11-23-17)12-5-7-13(8-6-12)16(19)20;/h5-8,10-11H,2-4,9H2,1H3,(H3,19,20)(H,21,25);1H. The SMILES string of the molecule is COC(=O)CCCCNC(=O)c1ncc(-c2ccc(C(=N)N)cc2)cn1.Cl.